The zero-order chi connectivity index (χ0) is 14.1. The van der Waals surface area contributed by atoms with Gasteiger partial charge in [-0.2, -0.15) is 0 Å². The van der Waals surface area contributed by atoms with Gasteiger partial charge >= 0.3 is 5.97 Å². The first-order valence-corrected chi connectivity index (χ1v) is 6.89. The summed E-state index contributed by atoms with van der Waals surface area (Å²) < 4.78 is 11.0. The van der Waals surface area contributed by atoms with Crippen molar-refractivity contribution in [1.29, 1.82) is 0 Å². The Morgan fingerprint density at radius 2 is 2.15 bits per heavy atom. The Labute approximate surface area is 118 Å². The second-order valence-corrected chi connectivity index (χ2v) is 5.53. The van der Waals surface area contributed by atoms with Gasteiger partial charge < -0.3 is 14.6 Å². The van der Waals surface area contributed by atoms with Crippen molar-refractivity contribution < 1.29 is 19.4 Å². The van der Waals surface area contributed by atoms with Crippen molar-refractivity contribution in [2.24, 2.45) is 5.92 Å². The monoisotopic (exact) mass is 277 g/mol. The number of likely N-dealkylation sites (N-methyl/N-ethyl adjacent to an activating group) is 1. The van der Waals surface area contributed by atoms with Crippen LogP contribution in [0.3, 0.4) is 0 Å². The van der Waals surface area contributed by atoms with Crippen molar-refractivity contribution in [3.8, 4) is 5.75 Å². The Balaban J connectivity index is 1.68. The lowest BCUT2D eigenvalue weighted by atomic mass is 9.98. The fourth-order valence-electron chi connectivity index (χ4n) is 3.08. The molecular weight excluding hydrogens is 258 g/mol. The molecular formula is C15H19NO4. The fraction of sp³-hybridized carbons (Fsp3) is 0.533. The second-order valence-electron chi connectivity index (χ2n) is 5.53. The predicted molar refractivity (Wildman–Crippen MR) is 73.0 cm³/mol. The van der Waals surface area contributed by atoms with Crippen LogP contribution in [0.1, 0.15) is 11.5 Å². The molecule has 2 aliphatic heterocycles. The Kier molecular flexibility index (Phi) is 3.63. The number of para-hydroxylation sites is 1. The van der Waals surface area contributed by atoms with Crippen molar-refractivity contribution in [3.63, 3.8) is 0 Å². The first-order valence-electron chi connectivity index (χ1n) is 6.89. The topological polar surface area (TPSA) is 59.0 Å². The highest BCUT2D eigenvalue weighted by molar-refractivity contribution is 5.71. The van der Waals surface area contributed by atoms with E-state index in [0.717, 1.165) is 12.3 Å². The smallest absolute Gasteiger partial charge is 0.310 e. The minimum absolute atomic E-state index is 0.0553. The number of hydrogen-bond acceptors (Lipinski definition) is 4. The van der Waals surface area contributed by atoms with Crippen LogP contribution in [0.2, 0.25) is 0 Å². The summed E-state index contributed by atoms with van der Waals surface area (Å²) in [6, 6.07) is 7.99. The Morgan fingerprint density at radius 1 is 1.35 bits per heavy atom. The molecule has 1 aromatic carbocycles. The normalized spacial score (nSPS) is 28.4. The molecule has 108 valence electrons. The number of ether oxygens (including phenoxy) is 2. The highest BCUT2D eigenvalue weighted by Crippen LogP contribution is 2.34. The highest BCUT2D eigenvalue weighted by Gasteiger charge is 2.38. The fourth-order valence-corrected chi connectivity index (χ4v) is 3.08. The highest BCUT2D eigenvalue weighted by atomic mass is 16.5. The van der Waals surface area contributed by atoms with Crippen LogP contribution in [0.4, 0.5) is 0 Å². The maximum Gasteiger partial charge on any atom is 0.310 e. The van der Waals surface area contributed by atoms with E-state index in [1.54, 1.807) is 0 Å². The minimum Gasteiger partial charge on any atom is -0.493 e. The number of aliphatic carboxylic acids is 1. The molecule has 20 heavy (non-hydrogen) atoms. The number of nitrogens with zero attached hydrogens (tertiary/aromatic N) is 1. The summed E-state index contributed by atoms with van der Waals surface area (Å²) in [7, 11) is 1.97. The van der Waals surface area contributed by atoms with Gasteiger partial charge in [0.2, 0.25) is 0 Å². The summed E-state index contributed by atoms with van der Waals surface area (Å²) in [6.45, 7) is 2.24. The van der Waals surface area contributed by atoms with Crippen LogP contribution in [0, 0.1) is 5.92 Å². The average Bonchev–Trinajstić information content (AvgIpc) is 3.06. The van der Waals surface area contributed by atoms with E-state index in [1.165, 1.54) is 5.56 Å². The average molecular weight is 277 g/mol. The third-order valence-corrected chi connectivity index (χ3v) is 4.24. The van der Waals surface area contributed by atoms with Crippen molar-refractivity contribution in [2.75, 3.05) is 33.4 Å². The number of hydrogen-bond donors (Lipinski definition) is 1. The van der Waals surface area contributed by atoms with E-state index in [0.29, 0.717) is 25.7 Å². The van der Waals surface area contributed by atoms with Gasteiger partial charge in [-0.1, -0.05) is 18.2 Å². The molecule has 0 spiro atoms. The van der Waals surface area contributed by atoms with Gasteiger partial charge in [0, 0.05) is 24.1 Å². The largest absolute Gasteiger partial charge is 0.493 e. The van der Waals surface area contributed by atoms with Gasteiger partial charge in [0.1, 0.15) is 5.75 Å². The zero-order valence-corrected chi connectivity index (χ0v) is 11.5. The molecule has 2 heterocycles. The molecule has 5 heteroatoms. The molecule has 3 rings (SSSR count). The second kappa shape index (κ2) is 5.42. The molecule has 5 nitrogen and oxygen atoms in total. The summed E-state index contributed by atoms with van der Waals surface area (Å²) in [4.78, 5) is 13.3. The minimum atomic E-state index is -0.776. The SMILES string of the molecule is CN(CC1COc2ccccc21)C1COCC1C(=O)O. The van der Waals surface area contributed by atoms with Crippen LogP contribution in [0.5, 0.6) is 5.75 Å². The van der Waals surface area contributed by atoms with Crippen LogP contribution in [0.25, 0.3) is 0 Å². The number of rotatable bonds is 4. The third kappa shape index (κ3) is 2.39. The molecule has 0 radical (unpaired) electrons. The molecule has 2 aliphatic rings. The summed E-state index contributed by atoms with van der Waals surface area (Å²) in [6.07, 6.45) is 0. The molecule has 0 aromatic heterocycles. The third-order valence-electron chi connectivity index (χ3n) is 4.24. The Bertz CT molecular complexity index is 504. The summed E-state index contributed by atoms with van der Waals surface area (Å²) in [5, 5.41) is 9.22. The molecule has 1 aromatic rings. The van der Waals surface area contributed by atoms with E-state index in [4.69, 9.17) is 9.47 Å². The Hall–Kier alpha value is -1.59. The molecule has 3 atom stereocenters. The standard InChI is InChI=1S/C15H19NO4/c1-16(13-9-19-8-12(13)15(17)18)6-10-7-20-14-5-3-2-4-11(10)14/h2-5,10,12-13H,6-9H2,1H3,(H,17,18). The van der Waals surface area contributed by atoms with Crippen molar-refractivity contribution in [3.05, 3.63) is 29.8 Å². The van der Waals surface area contributed by atoms with Crippen LogP contribution in [-0.4, -0.2) is 55.4 Å². The number of carbonyl (C=O) groups is 1. The van der Waals surface area contributed by atoms with E-state index in [1.807, 2.05) is 25.2 Å². The van der Waals surface area contributed by atoms with Gasteiger partial charge in [-0.05, 0) is 13.1 Å². The molecule has 1 N–H and O–H groups in total. The molecule has 1 saturated heterocycles. The van der Waals surface area contributed by atoms with E-state index in [2.05, 4.69) is 11.0 Å². The quantitative estimate of drug-likeness (QED) is 0.896. The predicted octanol–water partition coefficient (Wildman–Crippen LogP) is 1.19. The van der Waals surface area contributed by atoms with E-state index in [-0.39, 0.29) is 6.04 Å². The lowest BCUT2D eigenvalue weighted by Crippen LogP contribution is -2.42. The van der Waals surface area contributed by atoms with Gasteiger partial charge in [-0.25, -0.2) is 0 Å². The first kappa shape index (κ1) is 13.4. The van der Waals surface area contributed by atoms with Crippen molar-refractivity contribution in [1.82, 2.24) is 4.90 Å². The van der Waals surface area contributed by atoms with Crippen molar-refractivity contribution >= 4 is 5.97 Å². The van der Waals surface area contributed by atoms with Gasteiger partial charge in [-0.15, -0.1) is 0 Å². The van der Waals surface area contributed by atoms with Crippen LogP contribution >= 0.6 is 0 Å². The van der Waals surface area contributed by atoms with Crippen LogP contribution in [-0.2, 0) is 9.53 Å². The molecule has 3 unspecified atom stereocenters. The van der Waals surface area contributed by atoms with Crippen LogP contribution in [0.15, 0.2) is 24.3 Å². The maximum atomic E-state index is 11.2. The van der Waals surface area contributed by atoms with Crippen LogP contribution < -0.4 is 4.74 Å². The molecule has 0 saturated carbocycles. The Morgan fingerprint density at radius 3 is 2.95 bits per heavy atom. The number of carboxylic acid groups (broad SMARTS) is 1. The summed E-state index contributed by atoms with van der Waals surface area (Å²) >= 11 is 0. The maximum absolute atomic E-state index is 11.2. The molecule has 0 amide bonds. The van der Waals surface area contributed by atoms with Gasteiger partial charge in [-0.3, -0.25) is 9.69 Å². The summed E-state index contributed by atoms with van der Waals surface area (Å²) in [5.41, 5.74) is 1.21. The zero-order valence-electron chi connectivity index (χ0n) is 11.5. The molecule has 1 fully saturated rings. The van der Waals surface area contributed by atoms with Crippen molar-refractivity contribution in [2.45, 2.75) is 12.0 Å². The van der Waals surface area contributed by atoms with Gasteiger partial charge in [0.15, 0.2) is 0 Å². The number of carboxylic acids is 1. The molecule has 0 aliphatic carbocycles. The lowest BCUT2D eigenvalue weighted by molar-refractivity contribution is -0.143. The van der Waals surface area contributed by atoms with E-state index >= 15 is 0 Å². The first-order chi connectivity index (χ1) is 9.66. The van der Waals surface area contributed by atoms with Gasteiger partial charge in [0.05, 0.1) is 25.7 Å². The van der Waals surface area contributed by atoms with Gasteiger partial charge in [0.25, 0.3) is 0 Å². The van der Waals surface area contributed by atoms with E-state index < -0.39 is 11.9 Å². The summed E-state index contributed by atoms with van der Waals surface area (Å²) in [5.74, 6) is 0.0367. The molecule has 0 bridgehead atoms. The van der Waals surface area contributed by atoms with E-state index in [9.17, 15) is 9.90 Å². The number of fused-ring (bicyclic) bond motifs is 1. The number of benzene rings is 1. The lowest BCUT2D eigenvalue weighted by Gasteiger charge is -2.28.